The average Bonchev–Trinajstić information content (AvgIpc) is 3.38. The number of aromatic nitrogens is 3. The van der Waals surface area contributed by atoms with Crippen LogP contribution < -0.4 is 0 Å². The molecule has 2 heterocycles. The highest BCUT2D eigenvalue weighted by Gasteiger charge is 2.61. The number of pyridine rings is 1. The van der Waals surface area contributed by atoms with E-state index in [1.165, 1.54) is 63.6 Å². The molecule has 8 unspecified atom stereocenters. The van der Waals surface area contributed by atoms with Gasteiger partial charge in [0.25, 0.3) is 0 Å². The maximum absolute atomic E-state index is 13.6. The predicted molar refractivity (Wildman–Crippen MR) is 133 cm³/mol. The fraction of sp³-hybridized carbons (Fsp3) is 0.759. The van der Waals surface area contributed by atoms with E-state index in [2.05, 4.69) is 23.9 Å². The number of Topliss-reactive ketones (excluding diaryl/α,β-unsaturated/α-hetero) is 1. The number of methoxy groups -OCH3 is 1. The molecule has 0 saturated heterocycles. The number of nitrogens with zero attached hydrogens (tertiary/aromatic N) is 3. The summed E-state index contributed by atoms with van der Waals surface area (Å²) in [6.45, 7) is 6.23. The molecule has 4 fully saturated rings. The van der Waals surface area contributed by atoms with E-state index in [0.717, 1.165) is 36.7 Å². The average molecular weight is 482 g/mol. The number of ether oxygens (including phenoxy) is 1. The molecule has 0 radical (unpaired) electrons. The molecule has 0 bridgehead atoms. The number of fused-ring (bicyclic) bond motifs is 6. The van der Waals surface area contributed by atoms with Crippen LogP contribution >= 0.6 is 0 Å². The summed E-state index contributed by atoms with van der Waals surface area (Å²) >= 11 is 0. The SMILES string of the molecule is COCC1CCC2(C)C(CCC3C2CCC2(C)C(C(=O)Cn4cc5cc(F)ncc5n4)CCC32)C1. The van der Waals surface area contributed by atoms with Gasteiger partial charge in [-0.25, -0.2) is 4.98 Å². The third kappa shape index (κ3) is 3.77. The lowest BCUT2D eigenvalue weighted by Gasteiger charge is -2.61. The van der Waals surface area contributed by atoms with E-state index < -0.39 is 5.95 Å². The normalized spacial score (nSPS) is 40.8. The number of carbonyl (C=O) groups is 1. The minimum absolute atomic E-state index is 0.106. The smallest absolute Gasteiger partial charge is 0.213 e. The third-order valence-electron chi connectivity index (χ3n) is 11.3. The topological polar surface area (TPSA) is 57.0 Å². The number of halogens is 1. The zero-order valence-electron chi connectivity index (χ0n) is 21.5. The van der Waals surface area contributed by atoms with Crippen molar-refractivity contribution in [1.29, 1.82) is 0 Å². The summed E-state index contributed by atoms with van der Waals surface area (Å²) in [5.41, 5.74) is 1.21. The monoisotopic (exact) mass is 481 g/mol. The minimum atomic E-state index is -0.512. The van der Waals surface area contributed by atoms with Gasteiger partial charge in [-0.2, -0.15) is 9.49 Å². The third-order valence-corrected chi connectivity index (χ3v) is 11.3. The Morgan fingerprint density at radius 3 is 2.74 bits per heavy atom. The lowest BCUT2D eigenvalue weighted by molar-refractivity contribution is -0.138. The van der Waals surface area contributed by atoms with Crippen LogP contribution in [0.25, 0.3) is 10.9 Å². The van der Waals surface area contributed by atoms with Gasteiger partial charge in [0.1, 0.15) is 5.52 Å². The summed E-state index contributed by atoms with van der Waals surface area (Å²) in [5, 5.41) is 5.19. The molecular weight excluding hydrogens is 441 g/mol. The Labute approximate surface area is 208 Å². The summed E-state index contributed by atoms with van der Waals surface area (Å²) in [7, 11) is 1.84. The minimum Gasteiger partial charge on any atom is -0.384 e. The van der Waals surface area contributed by atoms with E-state index >= 15 is 0 Å². The molecule has 190 valence electrons. The second-order valence-corrected chi connectivity index (χ2v) is 12.8. The Hall–Kier alpha value is -1.82. The van der Waals surface area contributed by atoms with Gasteiger partial charge in [0, 0.05) is 37.3 Å². The summed E-state index contributed by atoms with van der Waals surface area (Å²) in [5.74, 6) is 3.73. The quantitative estimate of drug-likeness (QED) is 0.487. The van der Waals surface area contributed by atoms with E-state index in [1.54, 1.807) is 10.9 Å². The van der Waals surface area contributed by atoms with Gasteiger partial charge >= 0.3 is 0 Å². The predicted octanol–water partition coefficient (Wildman–Crippen LogP) is 6.06. The highest BCUT2D eigenvalue weighted by molar-refractivity contribution is 5.83. The van der Waals surface area contributed by atoms with Crippen molar-refractivity contribution in [2.75, 3.05) is 13.7 Å². The Bertz CT molecular complexity index is 1120. The van der Waals surface area contributed by atoms with Crippen LogP contribution in [0.1, 0.15) is 71.6 Å². The Kier molecular flexibility index (Phi) is 5.82. The lowest BCUT2D eigenvalue weighted by atomic mass is 9.44. The number of hydrogen-bond donors (Lipinski definition) is 0. The molecule has 4 aliphatic rings. The zero-order valence-corrected chi connectivity index (χ0v) is 21.5. The standard InChI is InChI=1S/C29H40FN3O2/c1-28-10-8-18(17-35-3)12-20(28)4-5-21-22-6-7-24(29(22,2)11-9-23(21)28)26(34)16-33-15-19-13-27(30)31-14-25(19)32-33/h13-15,18,20-24H,4-12,16-17H2,1-3H3. The van der Waals surface area contributed by atoms with Crippen molar-refractivity contribution >= 4 is 16.7 Å². The van der Waals surface area contributed by atoms with Crippen molar-refractivity contribution < 1.29 is 13.9 Å². The van der Waals surface area contributed by atoms with Gasteiger partial charge in [0.15, 0.2) is 5.78 Å². The van der Waals surface area contributed by atoms with E-state index in [4.69, 9.17) is 4.74 Å². The molecular formula is C29H40FN3O2. The summed E-state index contributed by atoms with van der Waals surface area (Å²) in [6.07, 6.45) is 14.6. The molecule has 0 spiro atoms. The van der Waals surface area contributed by atoms with Gasteiger partial charge in [-0.3, -0.25) is 9.48 Å². The van der Waals surface area contributed by atoms with Gasteiger partial charge in [-0.05, 0) is 98.2 Å². The Morgan fingerprint density at radius 1 is 1.11 bits per heavy atom. The van der Waals surface area contributed by atoms with Crippen molar-refractivity contribution in [3.8, 4) is 0 Å². The largest absolute Gasteiger partial charge is 0.384 e. The van der Waals surface area contributed by atoms with Crippen LogP contribution in [0.4, 0.5) is 4.39 Å². The van der Waals surface area contributed by atoms with Gasteiger partial charge in [-0.1, -0.05) is 13.8 Å². The molecule has 2 aromatic rings. The van der Waals surface area contributed by atoms with Crippen LogP contribution in [0.3, 0.4) is 0 Å². The van der Waals surface area contributed by atoms with Crippen LogP contribution in [0.5, 0.6) is 0 Å². The highest BCUT2D eigenvalue weighted by atomic mass is 19.1. The number of rotatable bonds is 5. The van der Waals surface area contributed by atoms with Crippen molar-refractivity contribution in [3.63, 3.8) is 0 Å². The molecule has 6 heteroatoms. The first-order valence-electron chi connectivity index (χ1n) is 13.8. The van der Waals surface area contributed by atoms with Gasteiger partial charge in [0.2, 0.25) is 5.95 Å². The lowest BCUT2D eigenvalue weighted by Crippen LogP contribution is -2.54. The van der Waals surface area contributed by atoms with Gasteiger partial charge < -0.3 is 4.74 Å². The summed E-state index contributed by atoms with van der Waals surface area (Å²) < 4.78 is 20.7. The molecule has 4 aliphatic carbocycles. The molecule has 8 atom stereocenters. The van der Waals surface area contributed by atoms with Crippen molar-refractivity contribution in [1.82, 2.24) is 14.8 Å². The van der Waals surface area contributed by atoms with Gasteiger partial charge in [-0.15, -0.1) is 0 Å². The maximum atomic E-state index is 13.6. The molecule has 0 N–H and O–H groups in total. The van der Waals surface area contributed by atoms with E-state index in [1.807, 2.05) is 7.11 Å². The second-order valence-electron chi connectivity index (χ2n) is 12.8. The maximum Gasteiger partial charge on any atom is 0.213 e. The van der Waals surface area contributed by atoms with E-state index in [0.29, 0.717) is 28.0 Å². The first-order chi connectivity index (χ1) is 16.8. The molecule has 0 aromatic carbocycles. The number of hydrogen-bond acceptors (Lipinski definition) is 4. The van der Waals surface area contributed by atoms with Crippen LogP contribution in [0.15, 0.2) is 18.5 Å². The fourth-order valence-electron chi connectivity index (χ4n) is 9.57. The first-order valence-corrected chi connectivity index (χ1v) is 13.8. The van der Waals surface area contributed by atoms with Crippen LogP contribution in [0, 0.1) is 52.3 Å². The molecule has 2 aromatic heterocycles. The molecule has 6 rings (SSSR count). The van der Waals surface area contributed by atoms with Gasteiger partial charge in [0.05, 0.1) is 12.7 Å². The van der Waals surface area contributed by atoms with Crippen LogP contribution in [-0.2, 0) is 16.1 Å². The molecule has 0 aliphatic heterocycles. The van der Waals surface area contributed by atoms with Crippen LogP contribution in [-0.4, -0.2) is 34.3 Å². The van der Waals surface area contributed by atoms with Crippen molar-refractivity contribution in [2.45, 2.75) is 78.2 Å². The highest BCUT2D eigenvalue weighted by Crippen LogP contribution is 2.67. The number of ketones is 1. The number of carbonyl (C=O) groups excluding carboxylic acids is 1. The second kappa shape index (κ2) is 8.64. The van der Waals surface area contributed by atoms with E-state index in [9.17, 15) is 9.18 Å². The molecule has 35 heavy (non-hydrogen) atoms. The molecule has 0 amide bonds. The Balaban J connectivity index is 1.18. The van der Waals surface area contributed by atoms with Crippen molar-refractivity contribution in [3.05, 3.63) is 24.4 Å². The molecule has 4 saturated carbocycles. The van der Waals surface area contributed by atoms with Crippen LogP contribution in [0.2, 0.25) is 0 Å². The van der Waals surface area contributed by atoms with E-state index in [-0.39, 0.29) is 17.9 Å². The summed E-state index contributed by atoms with van der Waals surface area (Å²) in [6, 6.07) is 1.39. The molecule has 5 nitrogen and oxygen atoms in total. The zero-order chi connectivity index (χ0) is 24.4. The van der Waals surface area contributed by atoms with Crippen molar-refractivity contribution in [2.24, 2.45) is 46.3 Å². The first kappa shape index (κ1) is 23.6. The Morgan fingerprint density at radius 2 is 1.91 bits per heavy atom. The fourth-order valence-corrected chi connectivity index (χ4v) is 9.57. The summed E-state index contributed by atoms with van der Waals surface area (Å²) in [4.78, 5) is 17.3.